The molecule has 0 aromatic carbocycles. The van der Waals surface area contributed by atoms with Gasteiger partial charge in [-0.3, -0.25) is 4.79 Å². The zero-order valence-corrected chi connectivity index (χ0v) is 13.1. The first-order chi connectivity index (χ1) is 9.96. The molecule has 2 rings (SSSR count). The molecular formula is C16H26N4O. The molecular weight excluding hydrogens is 264 g/mol. The van der Waals surface area contributed by atoms with Crippen LogP contribution in [0.5, 0.6) is 0 Å². The van der Waals surface area contributed by atoms with E-state index in [4.69, 9.17) is 5.73 Å². The van der Waals surface area contributed by atoms with Gasteiger partial charge in [0.1, 0.15) is 5.82 Å². The van der Waals surface area contributed by atoms with Gasteiger partial charge >= 0.3 is 0 Å². The number of rotatable bonds is 4. The summed E-state index contributed by atoms with van der Waals surface area (Å²) in [5.41, 5.74) is 6.03. The molecule has 116 valence electrons. The van der Waals surface area contributed by atoms with Crippen molar-refractivity contribution in [3.05, 3.63) is 23.9 Å². The number of carbonyl (C=O) groups is 1. The predicted octanol–water partition coefficient (Wildman–Crippen LogP) is 1.93. The molecule has 1 amide bonds. The van der Waals surface area contributed by atoms with Crippen molar-refractivity contribution in [1.29, 1.82) is 0 Å². The van der Waals surface area contributed by atoms with E-state index in [1.54, 1.807) is 6.20 Å². The van der Waals surface area contributed by atoms with Crippen molar-refractivity contribution in [2.24, 2.45) is 5.73 Å². The first kappa shape index (κ1) is 15.8. The fraction of sp³-hybridized carbons (Fsp3) is 0.625. The topological polar surface area (TPSA) is 71.2 Å². The second-order valence-corrected chi connectivity index (χ2v) is 6.48. The second-order valence-electron chi connectivity index (χ2n) is 6.48. The minimum absolute atomic E-state index is 0.122. The monoisotopic (exact) mass is 290 g/mol. The highest BCUT2D eigenvalue weighted by Crippen LogP contribution is 2.17. The number of nitrogens with one attached hydrogen (secondary N) is 1. The molecule has 0 saturated carbocycles. The number of carbonyl (C=O) groups excluding carboxylic acids is 1. The Balaban J connectivity index is 1.96. The fourth-order valence-electron chi connectivity index (χ4n) is 2.42. The van der Waals surface area contributed by atoms with Gasteiger partial charge < -0.3 is 16.0 Å². The van der Waals surface area contributed by atoms with Gasteiger partial charge in [-0.1, -0.05) is 12.8 Å². The number of hydrogen-bond donors (Lipinski definition) is 2. The molecule has 0 bridgehead atoms. The van der Waals surface area contributed by atoms with E-state index in [0.29, 0.717) is 12.1 Å². The summed E-state index contributed by atoms with van der Waals surface area (Å²) in [6, 6.07) is 3.78. The Morgan fingerprint density at radius 2 is 1.95 bits per heavy atom. The van der Waals surface area contributed by atoms with Crippen molar-refractivity contribution < 1.29 is 4.79 Å². The van der Waals surface area contributed by atoms with Gasteiger partial charge in [0.2, 0.25) is 0 Å². The normalized spacial score (nSPS) is 16.4. The minimum Gasteiger partial charge on any atom is -0.357 e. The molecule has 0 atom stereocenters. The van der Waals surface area contributed by atoms with Crippen LogP contribution in [0.15, 0.2) is 18.3 Å². The summed E-state index contributed by atoms with van der Waals surface area (Å²) in [4.78, 5) is 18.8. The summed E-state index contributed by atoms with van der Waals surface area (Å²) < 4.78 is 0. The fourth-order valence-corrected chi connectivity index (χ4v) is 2.42. The molecule has 0 spiro atoms. The molecule has 1 fully saturated rings. The highest BCUT2D eigenvalue weighted by atomic mass is 16.1. The van der Waals surface area contributed by atoms with Gasteiger partial charge in [-0.25, -0.2) is 4.98 Å². The van der Waals surface area contributed by atoms with E-state index >= 15 is 0 Å². The van der Waals surface area contributed by atoms with Crippen LogP contribution in [0.2, 0.25) is 0 Å². The highest BCUT2D eigenvalue weighted by Gasteiger charge is 2.15. The quantitative estimate of drug-likeness (QED) is 0.889. The van der Waals surface area contributed by atoms with E-state index < -0.39 is 5.54 Å². The summed E-state index contributed by atoms with van der Waals surface area (Å²) in [7, 11) is 0. The maximum Gasteiger partial charge on any atom is 0.252 e. The summed E-state index contributed by atoms with van der Waals surface area (Å²) in [5.74, 6) is 0.844. The maximum absolute atomic E-state index is 12.0. The smallest absolute Gasteiger partial charge is 0.252 e. The standard InChI is InChI=1S/C16H26N4O/c1-16(2,17)12-19-15(21)13-7-8-14(18-11-13)20-9-5-3-4-6-10-20/h7-8,11H,3-6,9-10,12,17H2,1-2H3,(H,19,21). The zero-order chi connectivity index (χ0) is 15.3. The number of amides is 1. The van der Waals surface area contributed by atoms with Gasteiger partial charge in [-0.05, 0) is 38.8 Å². The Bertz CT molecular complexity index is 456. The largest absolute Gasteiger partial charge is 0.357 e. The van der Waals surface area contributed by atoms with Crippen LogP contribution in [0, 0.1) is 0 Å². The van der Waals surface area contributed by atoms with Gasteiger partial charge in [0.25, 0.3) is 5.91 Å². The minimum atomic E-state index is -0.408. The van der Waals surface area contributed by atoms with Crippen LogP contribution >= 0.6 is 0 Å². The van der Waals surface area contributed by atoms with E-state index in [9.17, 15) is 4.79 Å². The van der Waals surface area contributed by atoms with Crippen molar-refractivity contribution >= 4 is 11.7 Å². The van der Waals surface area contributed by atoms with Crippen LogP contribution in [0.3, 0.4) is 0 Å². The third-order valence-electron chi connectivity index (χ3n) is 3.64. The highest BCUT2D eigenvalue weighted by molar-refractivity contribution is 5.94. The van der Waals surface area contributed by atoms with E-state index in [-0.39, 0.29) is 5.91 Å². The Labute approximate surface area is 126 Å². The summed E-state index contributed by atoms with van der Waals surface area (Å²) in [6.07, 6.45) is 6.68. The van der Waals surface area contributed by atoms with Crippen LogP contribution in [0.25, 0.3) is 0 Å². The molecule has 0 radical (unpaired) electrons. The molecule has 3 N–H and O–H groups in total. The second kappa shape index (κ2) is 6.89. The van der Waals surface area contributed by atoms with Crippen LogP contribution in [0.4, 0.5) is 5.82 Å². The Morgan fingerprint density at radius 1 is 1.29 bits per heavy atom. The lowest BCUT2D eigenvalue weighted by Crippen LogP contribution is -2.45. The summed E-state index contributed by atoms with van der Waals surface area (Å²) in [5, 5.41) is 2.83. The molecule has 21 heavy (non-hydrogen) atoms. The Hall–Kier alpha value is -1.62. The molecule has 1 aliphatic heterocycles. The van der Waals surface area contributed by atoms with Gasteiger partial charge in [-0.2, -0.15) is 0 Å². The lowest BCUT2D eigenvalue weighted by atomic mass is 10.1. The number of anilines is 1. The third-order valence-corrected chi connectivity index (χ3v) is 3.64. The van der Waals surface area contributed by atoms with Crippen LogP contribution in [-0.4, -0.2) is 36.1 Å². The molecule has 1 saturated heterocycles. The number of hydrogen-bond acceptors (Lipinski definition) is 4. The van der Waals surface area contributed by atoms with Gasteiger partial charge in [-0.15, -0.1) is 0 Å². The molecule has 5 heteroatoms. The predicted molar refractivity (Wildman–Crippen MR) is 85.5 cm³/mol. The molecule has 0 unspecified atom stereocenters. The van der Waals surface area contributed by atoms with Gasteiger partial charge in [0.05, 0.1) is 5.56 Å². The zero-order valence-electron chi connectivity index (χ0n) is 13.1. The average Bonchev–Trinajstić information content (AvgIpc) is 2.73. The number of aromatic nitrogens is 1. The van der Waals surface area contributed by atoms with Crippen molar-refractivity contribution in [3.8, 4) is 0 Å². The van der Waals surface area contributed by atoms with E-state index in [1.165, 1.54) is 25.7 Å². The van der Waals surface area contributed by atoms with E-state index in [1.807, 2.05) is 26.0 Å². The SMILES string of the molecule is CC(C)(N)CNC(=O)c1ccc(N2CCCCCC2)nc1. The first-order valence-electron chi connectivity index (χ1n) is 7.74. The van der Waals surface area contributed by atoms with Gasteiger partial charge in [0, 0.05) is 31.4 Å². The molecule has 5 nitrogen and oxygen atoms in total. The summed E-state index contributed by atoms with van der Waals surface area (Å²) in [6.45, 7) is 6.32. The first-order valence-corrected chi connectivity index (χ1v) is 7.74. The molecule has 0 aliphatic carbocycles. The van der Waals surface area contributed by atoms with Crippen molar-refractivity contribution in [2.45, 2.75) is 45.1 Å². The number of nitrogens with zero attached hydrogens (tertiary/aromatic N) is 2. The number of nitrogens with two attached hydrogens (primary N) is 1. The van der Waals surface area contributed by atoms with Crippen LogP contribution in [0.1, 0.15) is 49.9 Å². The van der Waals surface area contributed by atoms with Crippen molar-refractivity contribution in [1.82, 2.24) is 10.3 Å². The van der Waals surface area contributed by atoms with E-state index in [0.717, 1.165) is 18.9 Å². The average molecular weight is 290 g/mol. The Morgan fingerprint density at radius 3 is 2.48 bits per heavy atom. The maximum atomic E-state index is 12.0. The van der Waals surface area contributed by atoms with Crippen molar-refractivity contribution in [3.63, 3.8) is 0 Å². The molecule has 1 aromatic heterocycles. The molecule has 1 aliphatic rings. The third kappa shape index (κ3) is 5.01. The van der Waals surface area contributed by atoms with Gasteiger partial charge in [0.15, 0.2) is 0 Å². The number of pyridine rings is 1. The van der Waals surface area contributed by atoms with Crippen LogP contribution < -0.4 is 16.0 Å². The lowest BCUT2D eigenvalue weighted by Gasteiger charge is -2.21. The molecule has 2 heterocycles. The van der Waals surface area contributed by atoms with Crippen LogP contribution in [-0.2, 0) is 0 Å². The summed E-state index contributed by atoms with van der Waals surface area (Å²) >= 11 is 0. The van der Waals surface area contributed by atoms with E-state index in [2.05, 4.69) is 15.2 Å². The van der Waals surface area contributed by atoms with Crippen molar-refractivity contribution in [2.75, 3.05) is 24.5 Å². The molecule has 1 aromatic rings. The lowest BCUT2D eigenvalue weighted by molar-refractivity contribution is 0.0945. The Kier molecular flexibility index (Phi) is 5.17.